The van der Waals surface area contributed by atoms with Crippen molar-refractivity contribution in [3.8, 4) is 17.1 Å². The smallest absolute Gasteiger partial charge is 0.230 e. The van der Waals surface area contributed by atoms with Crippen LogP contribution >= 0.6 is 23.1 Å². The maximum atomic E-state index is 12.5. The van der Waals surface area contributed by atoms with Gasteiger partial charge in [-0.2, -0.15) is 0 Å². The van der Waals surface area contributed by atoms with Gasteiger partial charge in [0.05, 0.1) is 11.8 Å². The normalized spacial score (nSPS) is 11.9. The average Bonchev–Trinajstić information content (AvgIpc) is 3.44. The molecule has 0 aliphatic heterocycles. The molecule has 5 nitrogen and oxygen atoms in total. The quantitative estimate of drug-likeness (QED) is 0.402. The summed E-state index contributed by atoms with van der Waals surface area (Å²) in [6.07, 6.45) is 0. The van der Waals surface area contributed by atoms with Gasteiger partial charge in [0.2, 0.25) is 5.91 Å². The fourth-order valence-electron chi connectivity index (χ4n) is 3.09. The van der Waals surface area contributed by atoms with Gasteiger partial charge in [-0.3, -0.25) is 9.36 Å². The molecular weight excluding hydrogens is 412 g/mol. The molecule has 0 saturated carbocycles. The predicted octanol–water partition coefficient (Wildman–Crippen LogP) is 5.27. The van der Waals surface area contributed by atoms with Gasteiger partial charge in [-0.25, -0.2) is 0 Å². The van der Waals surface area contributed by atoms with Gasteiger partial charge in [0.25, 0.3) is 0 Å². The first-order valence-electron chi connectivity index (χ1n) is 9.65. The molecule has 0 bridgehead atoms. The number of nitrogens with zero attached hydrogens (tertiary/aromatic N) is 3. The van der Waals surface area contributed by atoms with E-state index in [0.717, 1.165) is 22.0 Å². The van der Waals surface area contributed by atoms with Crippen molar-refractivity contribution in [1.29, 1.82) is 0 Å². The van der Waals surface area contributed by atoms with Gasteiger partial charge in [0.15, 0.2) is 11.0 Å². The van der Waals surface area contributed by atoms with Gasteiger partial charge in [0, 0.05) is 16.1 Å². The Kier molecular flexibility index (Phi) is 6.30. The van der Waals surface area contributed by atoms with Crippen LogP contribution in [-0.4, -0.2) is 26.4 Å². The first kappa shape index (κ1) is 20.4. The van der Waals surface area contributed by atoms with Crippen LogP contribution in [0.1, 0.15) is 23.4 Å². The van der Waals surface area contributed by atoms with Crippen LogP contribution in [0.5, 0.6) is 0 Å². The number of thiophene rings is 1. The van der Waals surface area contributed by atoms with Gasteiger partial charge >= 0.3 is 0 Å². The number of amides is 1. The second-order valence-electron chi connectivity index (χ2n) is 6.94. The van der Waals surface area contributed by atoms with Crippen LogP contribution in [-0.2, 0) is 4.79 Å². The summed E-state index contributed by atoms with van der Waals surface area (Å²) in [6, 6.07) is 22.2. The van der Waals surface area contributed by atoms with Crippen molar-refractivity contribution in [2.75, 3.05) is 5.75 Å². The van der Waals surface area contributed by atoms with E-state index in [-0.39, 0.29) is 17.7 Å². The number of carbonyl (C=O) groups is 1. The van der Waals surface area contributed by atoms with Crippen LogP contribution in [0.25, 0.3) is 17.1 Å². The molecule has 0 saturated heterocycles. The van der Waals surface area contributed by atoms with E-state index in [1.807, 2.05) is 71.5 Å². The largest absolute Gasteiger partial charge is 0.348 e. The van der Waals surface area contributed by atoms with Crippen LogP contribution in [0.3, 0.4) is 0 Å². The third-order valence-electron chi connectivity index (χ3n) is 4.64. The standard InChI is InChI=1S/C23H22N4OS2/c1-16-10-12-19(13-11-16)27-22(18-7-4-3-5-8-18)25-26-23(27)30-15-21(28)24-17(2)20-9-6-14-29-20/h3-14,17H,15H2,1-2H3,(H,24,28)/t17-/m0/s1. The van der Waals surface area contributed by atoms with Crippen molar-refractivity contribution < 1.29 is 4.79 Å². The van der Waals surface area contributed by atoms with Crippen molar-refractivity contribution in [2.24, 2.45) is 0 Å². The van der Waals surface area contributed by atoms with E-state index in [0.29, 0.717) is 5.16 Å². The summed E-state index contributed by atoms with van der Waals surface area (Å²) in [5.74, 6) is 1.00. The Balaban J connectivity index is 1.56. The predicted molar refractivity (Wildman–Crippen MR) is 123 cm³/mol. The van der Waals surface area contributed by atoms with E-state index < -0.39 is 0 Å². The van der Waals surface area contributed by atoms with Crippen molar-refractivity contribution >= 4 is 29.0 Å². The summed E-state index contributed by atoms with van der Waals surface area (Å²) in [4.78, 5) is 13.6. The van der Waals surface area contributed by atoms with E-state index >= 15 is 0 Å². The summed E-state index contributed by atoms with van der Waals surface area (Å²) in [6.45, 7) is 4.06. The molecule has 0 aliphatic carbocycles. The molecule has 0 unspecified atom stereocenters. The zero-order valence-electron chi connectivity index (χ0n) is 16.8. The Bertz CT molecular complexity index is 1110. The number of benzene rings is 2. The van der Waals surface area contributed by atoms with E-state index in [9.17, 15) is 4.79 Å². The van der Waals surface area contributed by atoms with Gasteiger partial charge in [-0.15, -0.1) is 21.5 Å². The fourth-order valence-corrected chi connectivity index (χ4v) is 4.58. The van der Waals surface area contributed by atoms with E-state index in [1.54, 1.807) is 11.3 Å². The highest BCUT2D eigenvalue weighted by Crippen LogP contribution is 2.28. The van der Waals surface area contributed by atoms with E-state index in [1.165, 1.54) is 17.3 Å². The lowest BCUT2D eigenvalue weighted by Gasteiger charge is -2.13. The fraction of sp³-hybridized carbons (Fsp3) is 0.174. The van der Waals surface area contributed by atoms with Crippen molar-refractivity contribution in [1.82, 2.24) is 20.1 Å². The minimum absolute atomic E-state index is 0.00653. The lowest BCUT2D eigenvalue weighted by atomic mass is 10.2. The summed E-state index contributed by atoms with van der Waals surface area (Å²) in [7, 11) is 0. The molecule has 0 aliphatic rings. The molecule has 1 amide bonds. The molecule has 1 N–H and O–H groups in total. The summed E-state index contributed by atoms with van der Waals surface area (Å²) >= 11 is 3.03. The molecular formula is C23H22N4OS2. The number of hydrogen-bond donors (Lipinski definition) is 1. The number of carbonyl (C=O) groups excluding carboxylic acids is 1. The highest BCUT2D eigenvalue weighted by atomic mass is 32.2. The lowest BCUT2D eigenvalue weighted by Crippen LogP contribution is -2.27. The Morgan fingerprint density at radius 3 is 2.53 bits per heavy atom. The Labute approximate surface area is 184 Å². The van der Waals surface area contributed by atoms with E-state index in [4.69, 9.17) is 0 Å². The maximum absolute atomic E-state index is 12.5. The molecule has 30 heavy (non-hydrogen) atoms. The molecule has 7 heteroatoms. The number of aryl methyl sites for hydroxylation is 1. The summed E-state index contributed by atoms with van der Waals surface area (Å²) in [5, 5.41) is 14.6. The first-order chi connectivity index (χ1) is 14.6. The molecule has 1 atom stereocenters. The topological polar surface area (TPSA) is 59.8 Å². The van der Waals surface area contributed by atoms with Crippen molar-refractivity contribution in [3.63, 3.8) is 0 Å². The van der Waals surface area contributed by atoms with Gasteiger partial charge < -0.3 is 5.32 Å². The van der Waals surface area contributed by atoms with Gasteiger partial charge in [0.1, 0.15) is 0 Å². The third kappa shape index (κ3) is 4.63. The highest BCUT2D eigenvalue weighted by molar-refractivity contribution is 7.99. The Morgan fingerprint density at radius 2 is 1.83 bits per heavy atom. The second kappa shape index (κ2) is 9.28. The highest BCUT2D eigenvalue weighted by Gasteiger charge is 2.18. The molecule has 2 heterocycles. The van der Waals surface area contributed by atoms with Crippen LogP contribution in [0, 0.1) is 6.92 Å². The lowest BCUT2D eigenvalue weighted by molar-refractivity contribution is -0.119. The van der Waals surface area contributed by atoms with Gasteiger partial charge in [-0.05, 0) is 37.4 Å². The zero-order chi connectivity index (χ0) is 20.9. The minimum atomic E-state index is -0.0272. The maximum Gasteiger partial charge on any atom is 0.230 e. The molecule has 4 aromatic rings. The number of nitrogens with one attached hydrogen (secondary N) is 1. The number of aromatic nitrogens is 3. The SMILES string of the molecule is Cc1ccc(-n2c(SCC(=O)N[C@@H](C)c3cccs3)nnc2-c2ccccc2)cc1. The van der Waals surface area contributed by atoms with Crippen molar-refractivity contribution in [2.45, 2.75) is 25.0 Å². The number of hydrogen-bond acceptors (Lipinski definition) is 5. The van der Waals surface area contributed by atoms with Gasteiger partial charge in [-0.1, -0.05) is 65.9 Å². The molecule has 152 valence electrons. The second-order valence-corrected chi connectivity index (χ2v) is 8.86. The zero-order valence-corrected chi connectivity index (χ0v) is 18.4. The number of thioether (sulfide) groups is 1. The van der Waals surface area contributed by atoms with Crippen molar-refractivity contribution in [3.05, 3.63) is 82.6 Å². The Morgan fingerprint density at radius 1 is 1.07 bits per heavy atom. The number of rotatable bonds is 7. The van der Waals surface area contributed by atoms with Crippen LogP contribution in [0.2, 0.25) is 0 Å². The van der Waals surface area contributed by atoms with Crippen LogP contribution in [0.15, 0.2) is 77.3 Å². The third-order valence-corrected chi connectivity index (χ3v) is 6.62. The monoisotopic (exact) mass is 434 g/mol. The first-order valence-corrected chi connectivity index (χ1v) is 11.5. The van der Waals surface area contributed by atoms with E-state index in [2.05, 4.69) is 34.6 Å². The minimum Gasteiger partial charge on any atom is -0.348 e. The molecule has 0 spiro atoms. The van der Waals surface area contributed by atoms with Crippen LogP contribution < -0.4 is 5.32 Å². The molecule has 2 aromatic carbocycles. The molecule has 0 fully saturated rings. The average molecular weight is 435 g/mol. The Hall–Kier alpha value is -2.90. The summed E-state index contributed by atoms with van der Waals surface area (Å²) in [5.41, 5.74) is 3.14. The molecule has 2 aromatic heterocycles. The molecule has 0 radical (unpaired) electrons. The molecule has 4 rings (SSSR count). The van der Waals surface area contributed by atoms with Crippen LogP contribution in [0.4, 0.5) is 0 Å². The summed E-state index contributed by atoms with van der Waals surface area (Å²) < 4.78 is 2.01.